The van der Waals surface area contributed by atoms with Crippen molar-refractivity contribution in [3.63, 3.8) is 0 Å². The third kappa shape index (κ3) is 4.05. The van der Waals surface area contributed by atoms with Crippen LogP contribution in [0.5, 0.6) is 0 Å². The molecule has 5 nitrogen and oxygen atoms in total. The molecular formula is C17H20ClN3O2. The Labute approximate surface area is 140 Å². The van der Waals surface area contributed by atoms with Gasteiger partial charge in [-0.2, -0.15) is 0 Å². The van der Waals surface area contributed by atoms with Gasteiger partial charge in [0.1, 0.15) is 11.6 Å². The van der Waals surface area contributed by atoms with Crippen LogP contribution in [0.25, 0.3) is 0 Å². The molecule has 1 aliphatic heterocycles. The van der Waals surface area contributed by atoms with E-state index >= 15 is 0 Å². The fourth-order valence-electron chi connectivity index (χ4n) is 2.72. The molecule has 1 saturated heterocycles. The smallest absolute Gasteiger partial charge is 0.255 e. The number of carbonyl (C=O) groups is 1. The summed E-state index contributed by atoms with van der Waals surface area (Å²) in [6, 6.07) is 5.49. The molecule has 3 rings (SSSR count). The zero-order valence-electron chi connectivity index (χ0n) is 12.9. The standard InChI is InChI=1S/C17H20ClN3O2/c18-15-11-13(17(22)21-8-2-1-3-9-21)12-20-16(15)19-7-6-14-5-4-10-23-14/h4-5,10-12H,1-3,6-9H2,(H,19,20). The number of rotatable bonds is 5. The van der Waals surface area contributed by atoms with E-state index in [4.69, 9.17) is 16.0 Å². The van der Waals surface area contributed by atoms with E-state index in [-0.39, 0.29) is 5.91 Å². The molecule has 0 aliphatic carbocycles. The van der Waals surface area contributed by atoms with Crippen molar-refractivity contribution >= 4 is 23.3 Å². The molecule has 3 heterocycles. The molecule has 0 saturated carbocycles. The van der Waals surface area contributed by atoms with E-state index in [0.29, 0.717) is 22.9 Å². The number of pyridine rings is 1. The summed E-state index contributed by atoms with van der Waals surface area (Å²) < 4.78 is 5.28. The van der Waals surface area contributed by atoms with Crippen molar-refractivity contribution in [1.82, 2.24) is 9.88 Å². The van der Waals surface area contributed by atoms with Gasteiger partial charge in [0.15, 0.2) is 0 Å². The number of furan rings is 1. The molecule has 1 fully saturated rings. The lowest BCUT2D eigenvalue weighted by Crippen LogP contribution is -2.35. The topological polar surface area (TPSA) is 58.4 Å². The Morgan fingerprint density at radius 1 is 1.35 bits per heavy atom. The summed E-state index contributed by atoms with van der Waals surface area (Å²) in [6.07, 6.45) is 7.33. The van der Waals surface area contributed by atoms with Crippen LogP contribution in [-0.2, 0) is 6.42 Å². The van der Waals surface area contributed by atoms with Crippen LogP contribution in [-0.4, -0.2) is 35.4 Å². The Hall–Kier alpha value is -2.01. The predicted octanol–water partition coefficient (Wildman–Crippen LogP) is 3.61. The van der Waals surface area contributed by atoms with Gasteiger partial charge in [-0.15, -0.1) is 0 Å². The van der Waals surface area contributed by atoms with Crippen LogP contribution in [0.1, 0.15) is 35.4 Å². The zero-order valence-corrected chi connectivity index (χ0v) is 13.7. The third-order valence-electron chi connectivity index (χ3n) is 3.98. The quantitative estimate of drug-likeness (QED) is 0.908. The van der Waals surface area contributed by atoms with Gasteiger partial charge >= 0.3 is 0 Å². The lowest BCUT2D eigenvalue weighted by atomic mass is 10.1. The number of carbonyl (C=O) groups excluding carboxylic acids is 1. The molecule has 0 atom stereocenters. The van der Waals surface area contributed by atoms with Crippen molar-refractivity contribution in [1.29, 1.82) is 0 Å². The average molecular weight is 334 g/mol. The first-order chi connectivity index (χ1) is 11.2. The van der Waals surface area contributed by atoms with Gasteiger partial charge in [-0.1, -0.05) is 11.6 Å². The maximum atomic E-state index is 12.4. The maximum Gasteiger partial charge on any atom is 0.255 e. The highest BCUT2D eigenvalue weighted by Crippen LogP contribution is 2.22. The molecule has 2 aromatic heterocycles. The number of piperidine rings is 1. The minimum absolute atomic E-state index is 0.0150. The van der Waals surface area contributed by atoms with Crippen molar-refractivity contribution in [3.8, 4) is 0 Å². The zero-order chi connectivity index (χ0) is 16.1. The van der Waals surface area contributed by atoms with E-state index in [1.54, 1.807) is 18.5 Å². The third-order valence-corrected chi connectivity index (χ3v) is 4.26. The van der Waals surface area contributed by atoms with Crippen LogP contribution in [0.3, 0.4) is 0 Å². The first-order valence-electron chi connectivity index (χ1n) is 7.95. The van der Waals surface area contributed by atoms with Crippen molar-refractivity contribution in [2.75, 3.05) is 25.0 Å². The fraction of sp³-hybridized carbons (Fsp3) is 0.412. The number of aromatic nitrogens is 1. The van der Waals surface area contributed by atoms with Crippen molar-refractivity contribution < 1.29 is 9.21 Å². The lowest BCUT2D eigenvalue weighted by Gasteiger charge is -2.26. The SMILES string of the molecule is O=C(c1cnc(NCCc2ccco2)c(Cl)c1)N1CCCCC1. The van der Waals surface area contributed by atoms with Crippen LogP contribution in [0, 0.1) is 0 Å². The summed E-state index contributed by atoms with van der Waals surface area (Å²) in [7, 11) is 0. The number of hydrogen-bond acceptors (Lipinski definition) is 4. The van der Waals surface area contributed by atoms with Gasteiger partial charge in [0.05, 0.1) is 16.8 Å². The normalized spacial score (nSPS) is 14.7. The first kappa shape index (κ1) is 15.9. The molecule has 1 amide bonds. The summed E-state index contributed by atoms with van der Waals surface area (Å²) in [5.74, 6) is 1.51. The highest BCUT2D eigenvalue weighted by atomic mass is 35.5. The summed E-state index contributed by atoms with van der Waals surface area (Å²) in [5.41, 5.74) is 0.550. The van der Waals surface area contributed by atoms with Crippen LogP contribution < -0.4 is 5.32 Å². The largest absolute Gasteiger partial charge is 0.469 e. The van der Waals surface area contributed by atoms with Gasteiger partial charge in [-0.3, -0.25) is 4.79 Å². The van der Waals surface area contributed by atoms with Gasteiger partial charge in [0.25, 0.3) is 5.91 Å². The van der Waals surface area contributed by atoms with Gasteiger partial charge in [-0.05, 0) is 37.5 Å². The molecule has 0 spiro atoms. The number of likely N-dealkylation sites (tertiary alicyclic amines) is 1. The highest BCUT2D eigenvalue weighted by Gasteiger charge is 2.19. The van der Waals surface area contributed by atoms with E-state index in [9.17, 15) is 4.79 Å². The van der Waals surface area contributed by atoms with E-state index in [2.05, 4.69) is 10.3 Å². The number of hydrogen-bond donors (Lipinski definition) is 1. The molecule has 23 heavy (non-hydrogen) atoms. The monoisotopic (exact) mass is 333 g/mol. The van der Waals surface area contributed by atoms with Crippen molar-refractivity contribution in [3.05, 3.63) is 47.0 Å². The summed E-state index contributed by atoms with van der Waals surface area (Å²) >= 11 is 6.25. The Morgan fingerprint density at radius 3 is 2.87 bits per heavy atom. The second-order valence-corrected chi connectivity index (χ2v) is 6.07. The average Bonchev–Trinajstić information content (AvgIpc) is 3.10. The lowest BCUT2D eigenvalue weighted by molar-refractivity contribution is 0.0724. The number of amides is 1. The summed E-state index contributed by atoms with van der Waals surface area (Å²) in [5, 5.41) is 3.63. The summed E-state index contributed by atoms with van der Waals surface area (Å²) in [4.78, 5) is 18.6. The van der Waals surface area contributed by atoms with E-state index in [0.717, 1.165) is 38.1 Å². The summed E-state index contributed by atoms with van der Waals surface area (Å²) in [6.45, 7) is 2.30. The number of halogens is 1. The predicted molar refractivity (Wildman–Crippen MR) is 89.9 cm³/mol. The molecule has 6 heteroatoms. The molecule has 2 aromatic rings. The Bertz CT molecular complexity index is 652. The Morgan fingerprint density at radius 2 is 2.17 bits per heavy atom. The molecule has 1 N–H and O–H groups in total. The number of nitrogens with zero attached hydrogens (tertiary/aromatic N) is 2. The van der Waals surface area contributed by atoms with E-state index in [1.165, 1.54) is 6.42 Å². The van der Waals surface area contributed by atoms with Crippen molar-refractivity contribution in [2.24, 2.45) is 0 Å². The molecular weight excluding hydrogens is 314 g/mol. The number of anilines is 1. The van der Waals surface area contributed by atoms with Crippen molar-refractivity contribution in [2.45, 2.75) is 25.7 Å². The Kier molecular flexibility index (Phi) is 5.18. The molecule has 1 aliphatic rings. The first-order valence-corrected chi connectivity index (χ1v) is 8.33. The van der Waals surface area contributed by atoms with Gasteiger partial charge in [-0.25, -0.2) is 4.98 Å². The molecule has 0 bridgehead atoms. The fourth-order valence-corrected chi connectivity index (χ4v) is 2.96. The van der Waals surface area contributed by atoms with Crippen LogP contribution in [0.2, 0.25) is 5.02 Å². The maximum absolute atomic E-state index is 12.4. The second kappa shape index (κ2) is 7.51. The molecule has 0 aromatic carbocycles. The van der Waals surface area contributed by atoms with Gasteiger partial charge < -0.3 is 14.6 Å². The highest BCUT2D eigenvalue weighted by molar-refractivity contribution is 6.33. The second-order valence-electron chi connectivity index (χ2n) is 5.66. The van der Waals surface area contributed by atoms with Gasteiger partial charge in [0.2, 0.25) is 0 Å². The van der Waals surface area contributed by atoms with Crippen LogP contribution in [0.4, 0.5) is 5.82 Å². The molecule has 122 valence electrons. The minimum Gasteiger partial charge on any atom is -0.469 e. The molecule has 0 radical (unpaired) electrons. The van der Waals surface area contributed by atoms with E-state index < -0.39 is 0 Å². The van der Waals surface area contributed by atoms with Gasteiger partial charge in [0, 0.05) is 32.3 Å². The Balaban J connectivity index is 1.59. The number of nitrogens with one attached hydrogen (secondary N) is 1. The minimum atomic E-state index is 0.0150. The van der Waals surface area contributed by atoms with Crippen LogP contribution in [0.15, 0.2) is 35.1 Å². The van der Waals surface area contributed by atoms with E-state index in [1.807, 2.05) is 17.0 Å². The van der Waals surface area contributed by atoms with Crippen LogP contribution >= 0.6 is 11.6 Å². The molecule has 0 unspecified atom stereocenters.